The summed E-state index contributed by atoms with van der Waals surface area (Å²) in [5.41, 5.74) is 5.01. The number of anilines is 1. The molecule has 0 bridgehead atoms. The molecule has 0 aliphatic carbocycles. The number of pyridine rings is 2. The fourth-order valence-electron chi connectivity index (χ4n) is 4.20. The van der Waals surface area contributed by atoms with Crippen molar-refractivity contribution in [2.75, 3.05) is 31.6 Å². The van der Waals surface area contributed by atoms with Gasteiger partial charge in [-0.25, -0.2) is 0 Å². The molecule has 5 rings (SSSR count). The number of hydrogen-bond donors (Lipinski definition) is 0. The van der Waals surface area contributed by atoms with Gasteiger partial charge in [0, 0.05) is 55.0 Å². The van der Waals surface area contributed by atoms with E-state index in [2.05, 4.69) is 34.0 Å². The van der Waals surface area contributed by atoms with Crippen LogP contribution in [0.4, 0.5) is 5.69 Å². The number of hydrogen-bond acceptors (Lipinski definition) is 4. The van der Waals surface area contributed by atoms with E-state index in [-0.39, 0.29) is 5.56 Å². The van der Waals surface area contributed by atoms with E-state index in [0.717, 1.165) is 43.0 Å². The molecule has 1 saturated heterocycles. The van der Waals surface area contributed by atoms with Crippen LogP contribution in [0.2, 0.25) is 5.02 Å². The van der Waals surface area contributed by atoms with Gasteiger partial charge >= 0.3 is 0 Å². The predicted octanol–water partition coefficient (Wildman–Crippen LogP) is 3.23. The molecule has 1 fully saturated rings. The highest BCUT2D eigenvalue weighted by Crippen LogP contribution is 2.33. The minimum Gasteiger partial charge on any atom is -0.365 e. The molecule has 0 radical (unpaired) electrons. The number of nitrogens with zero attached hydrogens (tertiary/aromatic N) is 4. The summed E-state index contributed by atoms with van der Waals surface area (Å²) in [7, 11) is 2.16. The quantitative estimate of drug-likeness (QED) is 0.686. The molecular formula is C22H21ClN4O. The number of likely N-dealkylation sites (tertiary alicyclic amines) is 1. The molecule has 5 nitrogen and oxygen atoms in total. The Morgan fingerprint density at radius 2 is 1.96 bits per heavy atom. The van der Waals surface area contributed by atoms with Gasteiger partial charge in [-0.1, -0.05) is 11.6 Å². The van der Waals surface area contributed by atoms with Gasteiger partial charge in [0.25, 0.3) is 5.56 Å². The maximum atomic E-state index is 12.7. The van der Waals surface area contributed by atoms with Crippen LogP contribution >= 0.6 is 11.6 Å². The second-order valence-corrected chi connectivity index (χ2v) is 8.05. The molecular weight excluding hydrogens is 372 g/mol. The van der Waals surface area contributed by atoms with Crippen molar-refractivity contribution >= 4 is 17.3 Å². The highest BCUT2D eigenvalue weighted by atomic mass is 35.5. The third-order valence-corrected chi connectivity index (χ3v) is 5.92. The summed E-state index contributed by atoms with van der Waals surface area (Å²) in [6.45, 7) is 3.31. The lowest BCUT2D eigenvalue weighted by molar-refractivity contribution is 0.185. The molecule has 142 valence electrons. The SMILES string of the molecule is CN1CC(N2CCc3cc(-n4ccc(-c5ccc(Cl)cn5)cc4=O)ccc32)C1. The summed E-state index contributed by atoms with van der Waals surface area (Å²) in [5, 5.41) is 0.581. The highest BCUT2D eigenvalue weighted by molar-refractivity contribution is 6.30. The smallest absolute Gasteiger partial charge is 0.255 e. The maximum absolute atomic E-state index is 12.7. The Labute approximate surface area is 168 Å². The number of fused-ring (bicyclic) bond motifs is 1. The second kappa shape index (κ2) is 6.76. The summed E-state index contributed by atoms with van der Waals surface area (Å²) in [5.74, 6) is 0. The van der Waals surface area contributed by atoms with E-state index < -0.39 is 0 Å². The van der Waals surface area contributed by atoms with Crippen LogP contribution < -0.4 is 10.5 Å². The molecule has 0 N–H and O–H groups in total. The zero-order chi connectivity index (χ0) is 19.3. The van der Waals surface area contributed by atoms with Crippen LogP contribution in [-0.2, 0) is 6.42 Å². The van der Waals surface area contributed by atoms with Crippen molar-refractivity contribution in [2.24, 2.45) is 0 Å². The molecule has 0 unspecified atom stereocenters. The molecule has 1 aromatic carbocycles. The van der Waals surface area contributed by atoms with E-state index in [1.165, 1.54) is 11.3 Å². The lowest BCUT2D eigenvalue weighted by atomic mass is 10.1. The summed E-state index contributed by atoms with van der Waals surface area (Å²) in [6.07, 6.45) is 4.45. The van der Waals surface area contributed by atoms with Crippen LogP contribution in [0.15, 0.2) is 59.7 Å². The van der Waals surface area contributed by atoms with Gasteiger partial charge in [-0.05, 0) is 55.4 Å². The van der Waals surface area contributed by atoms with Crippen molar-refractivity contribution in [1.29, 1.82) is 0 Å². The minimum atomic E-state index is -0.0651. The van der Waals surface area contributed by atoms with Crippen molar-refractivity contribution in [3.05, 3.63) is 75.8 Å². The van der Waals surface area contributed by atoms with Crippen LogP contribution in [0.1, 0.15) is 5.56 Å². The first-order valence-corrected chi connectivity index (χ1v) is 9.89. The molecule has 2 aliphatic rings. The number of rotatable bonds is 3. The number of benzene rings is 1. The van der Waals surface area contributed by atoms with E-state index in [9.17, 15) is 4.79 Å². The monoisotopic (exact) mass is 392 g/mol. The molecule has 6 heteroatoms. The molecule has 3 aromatic rings. The molecule has 2 aliphatic heterocycles. The average Bonchev–Trinajstić information content (AvgIpc) is 3.08. The molecule has 0 spiro atoms. The van der Waals surface area contributed by atoms with Gasteiger partial charge in [0.15, 0.2) is 0 Å². The second-order valence-electron chi connectivity index (χ2n) is 7.62. The van der Waals surface area contributed by atoms with E-state index >= 15 is 0 Å². The molecule has 4 heterocycles. The van der Waals surface area contributed by atoms with Gasteiger partial charge in [0.05, 0.1) is 16.8 Å². The van der Waals surface area contributed by atoms with Gasteiger partial charge in [0.2, 0.25) is 0 Å². The van der Waals surface area contributed by atoms with Crippen LogP contribution in [0.25, 0.3) is 16.9 Å². The van der Waals surface area contributed by atoms with E-state index in [4.69, 9.17) is 11.6 Å². The standard InChI is InChI=1S/C22H21ClN4O/c1-25-13-19(14-25)26-8-7-16-10-18(3-5-21(16)26)27-9-6-15(11-22(27)28)20-4-2-17(23)12-24-20/h2-6,9-12,19H,7-8,13-14H2,1H3. The topological polar surface area (TPSA) is 41.4 Å². The Bertz CT molecular complexity index is 1090. The average molecular weight is 393 g/mol. The Hall–Kier alpha value is -2.63. The van der Waals surface area contributed by atoms with Crippen LogP contribution in [0.5, 0.6) is 0 Å². The Kier molecular flexibility index (Phi) is 4.22. The summed E-state index contributed by atoms with van der Waals surface area (Å²) in [4.78, 5) is 21.9. The van der Waals surface area contributed by atoms with Crippen molar-refractivity contribution in [1.82, 2.24) is 14.5 Å². The van der Waals surface area contributed by atoms with Gasteiger partial charge < -0.3 is 9.80 Å². The van der Waals surface area contributed by atoms with Crippen LogP contribution in [0.3, 0.4) is 0 Å². The first-order chi connectivity index (χ1) is 13.6. The first kappa shape index (κ1) is 17.5. The van der Waals surface area contributed by atoms with Crippen molar-refractivity contribution < 1.29 is 0 Å². The first-order valence-electron chi connectivity index (χ1n) is 9.51. The summed E-state index contributed by atoms with van der Waals surface area (Å²) in [6, 6.07) is 14.1. The zero-order valence-corrected chi connectivity index (χ0v) is 16.4. The number of halogens is 1. The van der Waals surface area contributed by atoms with Gasteiger partial charge in [0.1, 0.15) is 0 Å². The Balaban J connectivity index is 1.44. The lowest BCUT2D eigenvalue weighted by Crippen LogP contribution is -2.57. The van der Waals surface area contributed by atoms with E-state index in [1.54, 1.807) is 22.9 Å². The maximum Gasteiger partial charge on any atom is 0.255 e. The van der Waals surface area contributed by atoms with Crippen molar-refractivity contribution in [3.63, 3.8) is 0 Å². The fourth-order valence-corrected chi connectivity index (χ4v) is 4.32. The number of aromatic nitrogens is 2. The molecule has 28 heavy (non-hydrogen) atoms. The number of likely N-dealkylation sites (N-methyl/N-ethyl adjacent to an activating group) is 1. The predicted molar refractivity (Wildman–Crippen MR) is 113 cm³/mol. The van der Waals surface area contributed by atoms with Crippen LogP contribution in [0, 0.1) is 0 Å². The van der Waals surface area contributed by atoms with E-state index in [0.29, 0.717) is 11.1 Å². The van der Waals surface area contributed by atoms with Crippen LogP contribution in [-0.4, -0.2) is 47.2 Å². The van der Waals surface area contributed by atoms with Crippen molar-refractivity contribution in [3.8, 4) is 16.9 Å². The molecule has 0 atom stereocenters. The molecule has 0 saturated carbocycles. The Morgan fingerprint density at radius 3 is 2.68 bits per heavy atom. The van der Waals surface area contributed by atoms with Gasteiger partial charge in [-0.2, -0.15) is 0 Å². The highest BCUT2D eigenvalue weighted by Gasteiger charge is 2.33. The van der Waals surface area contributed by atoms with Crippen molar-refractivity contribution in [2.45, 2.75) is 12.5 Å². The lowest BCUT2D eigenvalue weighted by Gasteiger charge is -2.43. The molecule has 0 amide bonds. The Morgan fingerprint density at radius 1 is 1.11 bits per heavy atom. The van der Waals surface area contributed by atoms with Gasteiger partial charge in [-0.3, -0.25) is 14.3 Å². The fraction of sp³-hybridized carbons (Fsp3) is 0.273. The van der Waals surface area contributed by atoms with Gasteiger partial charge in [-0.15, -0.1) is 0 Å². The largest absolute Gasteiger partial charge is 0.365 e. The third-order valence-electron chi connectivity index (χ3n) is 5.70. The summed E-state index contributed by atoms with van der Waals surface area (Å²) >= 11 is 5.90. The van der Waals surface area contributed by atoms with E-state index in [1.807, 2.05) is 24.4 Å². The summed E-state index contributed by atoms with van der Waals surface area (Å²) < 4.78 is 1.69. The molecule has 2 aromatic heterocycles. The minimum absolute atomic E-state index is 0.0651. The third kappa shape index (κ3) is 3.01. The zero-order valence-electron chi connectivity index (χ0n) is 15.7. The normalized spacial score (nSPS) is 16.9.